The Bertz CT molecular complexity index is 471. The maximum Gasteiger partial charge on any atom is 0.339 e. The van der Waals surface area contributed by atoms with E-state index >= 15 is 0 Å². The summed E-state index contributed by atoms with van der Waals surface area (Å²) in [6.45, 7) is 2.13. The molecular weight excluding hydrogens is 280 g/mol. The van der Waals surface area contributed by atoms with Crippen molar-refractivity contribution in [1.29, 1.82) is 0 Å². The molecule has 5 heteroatoms. The average Bonchev–Trinajstić information content (AvgIpc) is 2.40. The van der Waals surface area contributed by atoms with Gasteiger partial charge in [-0.25, -0.2) is 4.79 Å². The fourth-order valence-electron chi connectivity index (χ4n) is 1.80. The monoisotopic (exact) mass is 298 g/mol. The number of halogens is 1. The normalized spacial score (nSPS) is 10.3. The largest absolute Gasteiger partial charge is 0.478 e. The number of carbonyl (C=O) groups is 2. The standard InChI is InChI=1S/C15H19ClO4/c1-2-3-4-5-6-7-14(17)20-13-9-8-11(16)10-12(13)15(18)19/h8-10H,2-7H2,1H3,(H,18,19). The topological polar surface area (TPSA) is 63.6 Å². The van der Waals surface area contributed by atoms with Gasteiger partial charge >= 0.3 is 11.9 Å². The van der Waals surface area contributed by atoms with Gasteiger partial charge in [0, 0.05) is 11.4 Å². The first-order valence-electron chi connectivity index (χ1n) is 6.78. The quantitative estimate of drug-likeness (QED) is 0.441. The Kier molecular flexibility index (Phi) is 7.09. The third kappa shape index (κ3) is 5.61. The van der Waals surface area contributed by atoms with Crippen LogP contribution in [-0.2, 0) is 4.79 Å². The molecule has 20 heavy (non-hydrogen) atoms. The molecule has 0 aliphatic carbocycles. The van der Waals surface area contributed by atoms with E-state index < -0.39 is 11.9 Å². The van der Waals surface area contributed by atoms with Crippen molar-refractivity contribution in [2.75, 3.05) is 0 Å². The number of aromatic carboxylic acids is 1. The van der Waals surface area contributed by atoms with Crippen molar-refractivity contribution in [3.63, 3.8) is 0 Å². The fourth-order valence-corrected chi connectivity index (χ4v) is 1.98. The van der Waals surface area contributed by atoms with Gasteiger partial charge in [0.2, 0.25) is 0 Å². The van der Waals surface area contributed by atoms with E-state index in [-0.39, 0.29) is 11.3 Å². The molecule has 0 unspecified atom stereocenters. The molecule has 110 valence electrons. The lowest BCUT2D eigenvalue weighted by molar-refractivity contribution is -0.134. The van der Waals surface area contributed by atoms with Crippen molar-refractivity contribution in [2.24, 2.45) is 0 Å². The molecule has 1 N–H and O–H groups in total. The minimum atomic E-state index is -1.17. The lowest BCUT2D eigenvalue weighted by Crippen LogP contribution is -2.11. The predicted octanol–water partition coefficient (Wildman–Crippen LogP) is 4.30. The van der Waals surface area contributed by atoms with Crippen molar-refractivity contribution < 1.29 is 19.4 Å². The Morgan fingerprint density at radius 1 is 1.20 bits per heavy atom. The van der Waals surface area contributed by atoms with Gasteiger partial charge in [-0.3, -0.25) is 4.79 Å². The molecule has 0 amide bonds. The highest BCUT2D eigenvalue weighted by atomic mass is 35.5. The van der Waals surface area contributed by atoms with Gasteiger partial charge in [0.1, 0.15) is 11.3 Å². The minimum Gasteiger partial charge on any atom is -0.478 e. The Hall–Kier alpha value is -1.55. The molecular formula is C15H19ClO4. The van der Waals surface area contributed by atoms with Gasteiger partial charge in [0.25, 0.3) is 0 Å². The lowest BCUT2D eigenvalue weighted by Gasteiger charge is -2.07. The summed E-state index contributed by atoms with van der Waals surface area (Å²) in [5.74, 6) is -1.54. The van der Waals surface area contributed by atoms with Crippen molar-refractivity contribution >= 4 is 23.5 Å². The molecule has 4 nitrogen and oxygen atoms in total. The molecule has 1 rings (SSSR count). The Morgan fingerprint density at radius 2 is 1.90 bits per heavy atom. The molecule has 0 aromatic heterocycles. The van der Waals surface area contributed by atoms with Gasteiger partial charge in [-0.15, -0.1) is 0 Å². The van der Waals surface area contributed by atoms with E-state index in [1.54, 1.807) is 0 Å². The summed E-state index contributed by atoms with van der Waals surface area (Å²) in [5.41, 5.74) is -0.100. The number of hydrogen-bond acceptors (Lipinski definition) is 3. The first-order chi connectivity index (χ1) is 9.54. The zero-order valence-corrected chi connectivity index (χ0v) is 12.3. The second-order valence-corrected chi connectivity index (χ2v) is 5.02. The van der Waals surface area contributed by atoms with Crippen LogP contribution in [0.25, 0.3) is 0 Å². The number of hydrogen-bond donors (Lipinski definition) is 1. The fraction of sp³-hybridized carbons (Fsp3) is 0.467. The van der Waals surface area contributed by atoms with E-state index in [2.05, 4.69) is 6.92 Å². The van der Waals surface area contributed by atoms with E-state index in [0.29, 0.717) is 11.4 Å². The zero-order chi connectivity index (χ0) is 15.0. The summed E-state index contributed by atoms with van der Waals surface area (Å²) in [5, 5.41) is 9.32. The van der Waals surface area contributed by atoms with Gasteiger partial charge in [0.05, 0.1) is 0 Å². The number of carboxylic acid groups (broad SMARTS) is 1. The molecule has 0 aliphatic rings. The Balaban J connectivity index is 2.51. The molecule has 0 aliphatic heterocycles. The smallest absolute Gasteiger partial charge is 0.339 e. The number of carboxylic acids is 1. The number of rotatable bonds is 8. The molecule has 0 heterocycles. The van der Waals surface area contributed by atoms with Crippen molar-refractivity contribution in [2.45, 2.75) is 45.4 Å². The first-order valence-corrected chi connectivity index (χ1v) is 7.16. The van der Waals surface area contributed by atoms with Crippen LogP contribution in [0.3, 0.4) is 0 Å². The van der Waals surface area contributed by atoms with Crippen LogP contribution in [-0.4, -0.2) is 17.0 Å². The van der Waals surface area contributed by atoms with Crippen LogP contribution in [0.15, 0.2) is 18.2 Å². The third-order valence-corrected chi connectivity index (χ3v) is 3.12. The highest BCUT2D eigenvalue weighted by molar-refractivity contribution is 6.31. The summed E-state index contributed by atoms with van der Waals surface area (Å²) < 4.78 is 5.09. The summed E-state index contributed by atoms with van der Waals surface area (Å²) in [4.78, 5) is 22.7. The second kappa shape index (κ2) is 8.59. The predicted molar refractivity (Wildman–Crippen MR) is 77.4 cm³/mol. The maximum absolute atomic E-state index is 11.7. The van der Waals surface area contributed by atoms with Crippen molar-refractivity contribution in [1.82, 2.24) is 0 Å². The van der Waals surface area contributed by atoms with E-state index in [4.69, 9.17) is 21.4 Å². The second-order valence-electron chi connectivity index (χ2n) is 4.58. The van der Waals surface area contributed by atoms with Crippen molar-refractivity contribution in [3.05, 3.63) is 28.8 Å². The molecule has 0 atom stereocenters. The molecule has 0 saturated heterocycles. The van der Waals surface area contributed by atoms with Crippen LogP contribution in [0, 0.1) is 0 Å². The van der Waals surface area contributed by atoms with Crippen LogP contribution in [0.2, 0.25) is 5.02 Å². The van der Waals surface area contributed by atoms with Gasteiger partial charge < -0.3 is 9.84 Å². The molecule has 0 fully saturated rings. The maximum atomic E-state index is 11.7. The lowest BCUT2D eigenvalue weighted by atomic mass is 10.1. The highest BCUT2D eigenvalue weighted by Gasteiger charge is 2.15. The minimum absolute atomic E-state index is 0.0421. The molecule has 0 spiro atoms. The number of unbranched alkanes of at least 4 members (excludes halogenated alkanes) is 4. The average molecular weight is 299 g/mol. The summed E-state index contributed by atoms with van der Waals surface area (Å²) in [6, 6.07) is 4.17. The summed E-state index contributed by atoms with van der Waals surface area (Å²) >= 11 is 5.73. The zero-order valence-electron chi connectivity index (χ0n) is 11.5. The first kappa shape index (κ1) is 16.5. The summed E-state index contributed by atoms with van der Waals surface area (Å²) in [7, 11) is 0. The van der Waals surface area contributed by atoms with E-state index in [1.807, 2.05) is 0 Å². The van der Waals surface area contributed by atoms with Crippen LogP contribution in [0.4, 0.5) is 0 Å². The van der Waals surface area contributed by atoms with Gasteiger partial charge in [-0.1, -0.05) is 44.2 Å². The van der Waals surface area contributed by atoms with Gasteiger partial charge in [-0.05, 0) is 24.6 Å². The van der Waals surface area contributed by atoms with E-state index in [9.17, 15) is 9.59 Å². The SMILES string of the molecule is CCCCCCCC(=O)Oc1ccc(Cl)cc1C(=O)O. The van der Waals surface area contributed by atoms with Crippen LogP contribution in [0.1, 0.15) is 55.8 Å². The molecule has 0 bridgehead atoms. The highest BCUT2D eigenvalue weighted by Crippen LogP contribution is 2.23. The molecule has 0 saturated carbocycles. The number of ether oxygens (including phenoxy) is 1. The number of esters is 1. The van der Waals surface area contributed by atoms with Crippen LogP contribution in [0.5, 0.6) is 5.75 Å². The van der Waals surface area contributed by atoms with Crippen LogP contribution >= 0.6 is 11.6 Å². The molecule has 1 aromatic carbocycles. The molecule has 1 aromatic rings. The van der Waals surface area contributed by atoms with Crippen LogP contribution < -0.4 is 4.74 Å². The third-order valence-electron chi connectivity index (χ3n) is 2.88. The van der Waals surface area contributed by atoms with Crippen molar-refractivity contribution in [3.8, 4) is 5.75 Å². The number of benzene rings is 1. The summed E-state index contributed by atoms with van der Waals surface area (Å²) in [6.07, 6.45) is 5.45. The van der Waals surface area contributed by atoms with E-state index in [1.165, 1.54) is 18.2 Å². The molecule has 0 radical (unpaired) electrons. The van der Waals surface area contributed by atoms with Gasteiger partial charge in [-0.2, -0.15) is 0 Å². The number of carbonyl (C=O) groups excluding carboxylic acids is 1. The Labute approximate surface area is 123 Å². The van der Waals surface area contributed by atoms with E-state index in [0.717, 1.165) is 32.1 Å². The van der Waals surface area contributed by atoms with Gasteiger partial charge in [0.15, 0.2) is 0 Å². The Morgan fingerprint density at radius 3 is 2.55 bits per heavy atom.